The second-order valence-corrected chi connectivity index (χ2v) is 5.59. The summed E-state index contributed by atoms with van der Waals surface area (Å²) >= 11 is 0. The number of esters is 1. The number of hydrogen-bond donors (Lipinski definition) is 1. The molecule has 0 unspecified atom stereocenters. The Bertz CT molecular complexity index is 693. The Morgan fingerprint density at radius 1 is 1.12 bits per heavy atom. The maximum Gasteiger partial charge on any atom is 0.343 e. The molecular formula is C20H23NO3. The van der Waals surface area contributed by atoms with Crippen LogP contribution in [0.2, 0.25) is 0 Å². The first-order chi connectivity index (χ1) is 11.7. The lowest BCUT2D eigenvalue weighted by atomic mass is 10.0. The molecule has 0 amide bonds. The number of ether oxygens (including phenoxy) is 2. The molecule has 0 radical (unpaired) electrons. The summed E-state index contributed by atoms with van der Waals surface area (Å²) < 4.78 is 10.5. The lowest BCUT2D eigenvalue weighted by Crippen LogP contribution is -2.10. The molecule has 0 bridgehead atoms. The van der Waals surface area contributed by atoms with E-state index in [-0.39, 0.29) is 0 Å². The molecule has 0 fully saturated rings. The van der Waals surface area contributed by atoms with Crippen molar-refractivity contribution in [2.24, 2.45) is 0 Å². The minimum Gasteiger partial charge on any atom is -0.497 e. The van der Waals surface area contributed by atoms with Crippen LogP contribution in [0.15, 0.2) is 42.5 Å². The highest BCUT2D eigenvalue weighted by molar-refractivity contribution is 5.93. The van der Waals surface area contributed by atoms with Crippen molar-refractivity contribution in [2.75, 3.05) is 7.11 Å². The molecule has 0 heterocycles. The molecule has 0 saturated carbocycles. The van der Waals surface area contributed by atoms with Crippen LogP contribution in [0.3, 0.4) is 0 Å². The molecular weight excluding hydrogens is 302 g/mol. The largest absolute Gasteiger partial charge is 0.497 e. The van der Waals surface area contributed by atoms with Crippen LogP contribution in [0.5, 0.6) is 11.5 Å². The predicted octanol–water partition coefficient (Wildman–Crippen LogP) is 4.64. The molecule has 2 aromatic rings. The van der Waals surface area contributed by atoms with E-state index in [0.717, 1.165) is 18.4 Å². The van der Waals surface area contributed by atoms with Crippen LogP contribution in [0, 0.1) is 5.41 Å². The van der Waals surface area contributed by atoms with Gasteiger partial charge in [0, 0.05) is 11.8 Å². The van der Waals surface area contributed by atoms with E-state index >= 15 is 0 Å². The lowest BCUT2D eigenvalue weighted by molar-refractivity contribution is 0.0734. The van der Waals surface area contributed by atoms with Gasteiger partial charge < -0.3 is 14.9 Å². The molecule has 0 saturated heterocycles. The summed E-state index contributed by atoms with van der Waals surface area (Å²) in [5.74, 6) is 0.646. The van der Waals surface area contributed by atoms with E-state index in [4.69, 9.17) is 14.9 Å². The predicted molar refractivity (Wildman–Crippen MR) is 95.5 cm³/mol. The molecule has 0 aromatic heterocycles. The third kappa shape index (κ3) is 4.69. The zero-order chi connectivity index (χ0) is 17.4. The van der Waals surface area contributed by atoms with Gasteiger partial charge in [0.1, 0.15) is 11.5 Å². The van der Waals surface area contributed by atoms with Crippen molar-refractivity contribution >= 4 is 12.2 Å². The van der Waals surface area contributed by atoms with Crippen molar-refractivity contribution in [1.29, 1.82) is 5.41 Å². The zero-order valence-corrected chi connectivity index (χ0v) is 14.2. The fourth-order valence-corrected chi connectivity index (χ4v) is 2.42. The van der Waals surface area contributed by atoms with Crippen molar-refractivity contribution in [2.45, 2.75) is 32.6 Å². The van der Waals surface area contributed by atoms with Gasteiger partial charge in [0.25, 0.3) is 0 Å². The molecule has 4 nitrogen and oxygen atoms in total. The van der Waals surface area contributed by atoms with Gasteiger partial charge in [0.05, 0.1) is 12.7 Å². The van der Waals surface area contributed by atoms with E-state index in [1.807, 2.05) is 12.1 Å². The van der Waals surface area contributed by atoms with Gasteiger partial charge in [0.2, 0.25) is 0 Å². The van der Waals surface area contributed by atoms with Gasteiger partial charge >= 0.3 is 5.97 Å². The van der Waals surface area contributed by atoms with Crippen LogP contribution in [-0.2, 0) is 6.42 Å². The standard InChI is InChI=1S/C20H23NO3/c1-3-4-5-6-15-7-12-19(17(13-15)14-21)24-20(22)16-8-10-18(23-2)11-9-16/h7-14,21H,3-6H2,1-2H3. The summed E-state index contributed by atoms with van der Waals surface area (Å²) in [7, 11) is 1.58. The molecule has 1 N–H and O–H groups in total. The molecule has 0 aliphatic rings. The minimum atomic E-state index is -0.445. The Balaban J connectivity index is 2.09. The van der Waals surface area contributed by atoms with Gasteiger partial charge in [-0.15, -0.1) is 0 Å². The smallest absolute Gasteiger partial charge is 0.343 e. The number of aryl methyl sites for hydroxylation is 1. The summed E-state index contributed by atoms with van der Waals surface area (Å²) in [6.45, 7) is 2.17. The van der Waals surface area contributed by atoms with Crippen molar-refractivity contribution < 1.29 is 14.3 Å². The van der Waals surface area contributed by atoms with Crippen molar-refractivity contribution in [3.05, 3.63) is 59.2 Å². The normalized spacial score (nSPS) is 10.2. The summed E-state index contributed by atoms with van der Waals surface area (Å²) in [4.78, 5) is 12.2. The van der Waals surface area contributed by atoms with Gasteiger partial charge in [-0.1, -0.05) is 25.8 Å². The second kappa shape index (κ2) is 8.87. The Hall–Kier alpha value is -2.62. The van der Waals surface area contributed by atoms with E-state index < -0.39 is 5.97 Å². The molecule has 0 aliphatic carbocycles. The van der Waals surface area contributed by atoms with Crippen LogP contribution in [0.4, 0.5) is 0 Å². The van der Waals surface area contributed by atoms with E-state index in [0.29, 0.717) is 22.6 Å². The van der Waals surface area contributed by atoms with E-state index in [2.05, 4.69) is 6.92 Å². The number of rotatable bonds is 8. The van der Waals surface area contributed by atoms with Crippen LogP contribution in [-0.4, -0.2) is 19.3 Å². The number of unbranched alkanes of at least 4 members (excludes halogenated alkanes) is 2. The molecule has 4 heteroatoms. The average molecular weight is 325 g/mol. The molecule has 2 rings (SSSR count). The number of nitrogens with one attached hydrogen (secondary N) is 1. The maximum atomic E-state index is 12.2. The Kier molecular flexibility index (Phi) is 6.55. The van der Waals surface area contributed by atoms with Gasteiger partial charge in [-0.25, -0.2) is 4.79 Å². The number of hydrogen-bond acceptors (Lipinski definition) is 4. The van der Waals surface area contributed by atoms with E-state index in [1.54, 1.807) is 37.4 Å². The molecule has 24 heavy (non-hydrogen) atoms. The summed E-state index contributed by atoms with van der Waals surface area (Å²) in [5.41, 5.74) is 2.22. The maximum absolute atomic E-state index is 12.2. The topological polar surface area (TPSA) is 59.4 Å². The Morgan fingerprint density at radius 2 is 1.88 bits per heavy atom. The molecule has 0 spiro atoms. The first-order valence-corrected chi connectivity index (χ1v) is 8.17. The second-order valence-electron chi connectivity index (χ2n) is 5.59. The summed E-state index contributed by atoms with van der Waals surface area (Å²) in [6.07, 6.45) is 5.68. The SMILES string of the molecule is CCCCCc1ccc(OC(=O)c2ccc(OC)cc2)c(C=N)c1. The summed E-state index contributed by atoms with van der Waals surface area (Å²) in [5, 5.41) is 7.56. The highest BCUT2D eigenvalue weighted by atomic mass is 16.5. The number of benzene rings is 2. The molecule has 0 aliphatic heterocycles. The lowest BCUT2D eigenvalue weighted by Gasteiger charge is -2.10. The Labute approximate surface area is 142 Å². The van der Waals surface area contributed by atoms with E-state index in [1.165, 1.54) is 19.1 Å². The monoisotopic (exact) mass is 325 g/mol. The van der Waals surface area contributed by atoms with Crippen LogP contribution in [0.1, 0.15) is 47.7 Å². The Morgan fingerprint density at radius 3 is 2.50 bits per heavy atom. The first kappa shape index (κ1) is 17.7. The third-order valence-electron chi connectivity index (χ3n) is 3.83. The van der Waals surface area contributed by atoms with Crippen LogP contribution in [0.25, 0.3) is 0 Å². The number of carbonyl (C=O) groups excluding carboxylic acids is 1. The first-order valence-electron chi connectivity index (χ1n) is 8.17. The number of methoxy groups -OCH3 is 1. The fraction of sp³-hybridized carbons (Fsp3) is 0.300. The minimum absolute atomic E-state index is 0.407. The van der Waals surface area contributed by atoms with Crippen molar-refractivity contribution in [3.8, 4) is 11.5 Å². The summed E-state index contributed by atoms with van der Waals surface area (Å²) in [6, 6.07) is 12.4. The molecule has 2 aromatic carbocycles. The van der Waals surface area contributed by atoms with Gasteiger partial charge in [-0.2, -0.15) is 0 Å². The molecule has 126 valence electrons. The fourth-order valence-electron chi connectivity index (χ4n) is 2.42. The van der Waals surface area contributed by atoms with Gasteiger partial charge in [-0.05, 0) is 54.8 Å². The van der Waals surface area contributed by atoms with E-state index in [9.17, 15) is 4.79 Å². The third-order valence-corrected chi connectivity index (χ3v) is 3.83. The van der Waals surface area contributed by atoms with Crippen LogP contribution >= 0.6 is 0 Å². The molecule has 0 atom stereocenters. The van der Waals surface area contributed by atoms with Crippen LogP contribution < -0.4 is 9.47 Å². The highest BCUT2D eigenvalue weighted by Crippen LogP contribution is 2.22. The van der Waals surface area contributed by atoms with Gasteiger partial charge in [-0.3, -0.25) is 0 Å². The van der Waals surface area contributed by atoms with Crippen molar-refractivity contribution in [1.82, 2.24) is 0 Å². The average Bonchev–Trinajstić information content (AvgIpc) is 2.63. The van der Waals surface area contributed by atoms with Gasteiger partial charge in [0.15, 0.2) is 0 Å². The zero-order valence-electron chi connectivity index (χ0n) is 14.2. The van der Waals surface area contributed by atoms with Crippen molar-refractivity contribution in [3.63, 3.8) is 0 Å². The highest BCUT2D eigenvalue weighted by Gasteiger charge is 2.12. The quantitative estimate of drug-likeness (QED) is 0.333. The number of carbonyl (C=O) groups is 1.